The van der Waals surface area contributed by atoms with E-state index in [-0.39, 0.29) is 16.9 Å². The van der Waals surface area contributed by atoms with Crippen molar-refractivity contribution in [2.75, 3.05) is 13.1 Å². The molecule has 1 saturated heterocycles. The largest absolute Gasteiger partial charge is 0.348 e. The van der Waals surface area contributed by atoms with Crippen molar-refractivity contribution in [3.63, 3.8) is 0 Å². The van der Waals surface area contributed by atoms with Gasteiger partial charge >= 0.3 is 0 Å². The Balaban J connectivity index is 1.33. The van der Waals surface area contributed by atoms with Gasteiger partial charge in [-0.05, 0) is 37.5 Å². The van der Waals surface area contributed by atoms with E-state index in [2.05, 4.69) is 10.3 Å². The maximum atomic E-state index is 12.9. The molecule has 5 rings (SSSR count). The molecule has 33 heavy (non-hydrogen) atoms. The van der Waals surface area contributed by atoms with Crippen molar-refractivity contribution in [2.24, 2.45) is 0 Å². The first kappa shape index (κ1) is 21.1. The van der Waals surface area contributed by atoms with Crippen molar-refractivity contribution in [1.29, 1.82) is 0 Å². The van der Waals surface area contributed by atoms with Crippen molar-refractivity contribution in [3.05, 3.63) is 99.2 Å². The lowest BCUT2D eigenvalue weighted by atomic mass is 9.85. The van der Waals surface area contributed by atoms with E-state index in [1.54, 1.807) is 6.20 Å². The molecule has 1 aromatic heterocycles. The van der Waals surface area contributed by atoms with E-state index < -0.39 is 11.5 Å². The molecule has 7 nitrogen and oxygen atoms in total. The van der Waals surface area contributed by atoms with Gasteiger partial charge in [-0.25, -0.2) is 0 Å². The van der Waals surface area contributed by atoms with Gasteiger partial charge in [0.25, 0.3) is 17.4 Å². The number of carbonyl (C=O) groups is 2. The highest BCUT2D eigenvalue weighted by Gasteiger charge is 2.47. The van der Waals surface area contributed by atoms with E-state index in [0.717, 1.165) is 24.0 Å². The van der Waals surface area contributed by atoms with Gasteiger partial charge in [-0.2, -0.15) is 4.98 Å². The molecule has 0 saturated carbocycles. The predicted octanol–water partition coefficient (Wildman–Crippen LogP) is 2.67. The number of fused-ring (bicyclic) bond motifs is 2. The number of carbonyl (C=O) groups excluding carboxylic acids is 2. The van der Waals surface area contributed by atoms with Crippen molar-refractivity contribution in [2.45, 2.75) is 38.3 Å². The molecule has 2 aromatic carbocycles. The summed E-state index contributed by atoms with van der Waals surface area (Å²) in [5.41, 5.74) is 1.99. The third-order valence-electron chi connectivity index (χ3n) is 6.78. The smallest absolute Gasteiger partial charge is 0.285 e. The lowest BCUT2D eigenvalue weighted by Gasteiger charge is -2.23. The Morgan fingerprint density at radius 3 is 2.52 bits per heavy atom. The summed E-state index contributed by atoms with van der Waals surface area (Å²) in [5, 5.41) is 2.82. The lowest BCUT2D eigenvalue weighted by Crippen LogP contribution is -2.36. The van der Waals surface area contributed by atoms with Gasteiger partial charge in [-0.3, -0.25) is 14.4 Å². The molecular formula is C26H26N4O3. The maximum absolute atomic E-state index is 12.9. The molecule has 7 heteroatoms. The second-order valence-corrected chi connectivity index (χ2v) is 9.02. The predicted molar refractivity (Wildman–Crippen MR) is 124 cm³/mol. The van der Waals surface area contributed by atoms with Crippen LogP contribution in [0.25, 0.3) is 0 Å². The summed E-state index contributed by atoms with van der Waals surface area (Å²) in [5.74, 6) is 0.267. The van der Waals surface area contributed by atoms with Crippen molar-refractivity contribution in [1.82, 2.24) is 19.8 Å². The molecule has 1 atom stereocenters. The minimum absolute atomic E-state index is 0.000348. The molecule has 0 bridgehead atoms. The molecular weight excluding hydrogens is 416 g/mol. The van der Waals surface area contributed by atoms with Crippen molar-refractivity contribution < 1.29 is 9.59 Å². The normalized spacial score (nSPS) is 19.0. The number of aryl methyl sites for hydroxylation is 2. The highest BCUT2D eigenvalue weighted by molar-refractivity contribution is 5.94. The summed E-state index contributed by atoms with van der Waals surface area (Å²) < 4.78 is 1.92. The van der Waals surface area contributed by atoms with Crippen LogP contribution in [0.5, 0.6) is 0 Å². The number of rotatable bonds is 4. The zero-order chi connectivity index (χ0) is 23.0. The Hall–Kier alpha value is -3.74. The zero-order valence-corrected chi connectivity index (χ0v) is 18.6. The van der Waals surface area contributed by atoms with Crippen LogP contribution < -0.4 is 10.9 Å². The van der Waals surface area contributed by atoms with E-state index in [1.165, 1.54) is 0 Å². The molecule has 1 N–H and O–H groups in total. The van der Waals surface area contributed by atoms with Crippen LogP contribution in [0.3, 0.4) is 0 Å². The fraction of sp³-hybridized carbons (Fsp3) is 0.308. The van der Waals surface area contributed by atoms with Gasteiger partial charge in [0, 0.05) is 43.4 Å². The average molecular weight is 443 g/mol. The zero-order valence-electron chi connectivity index (χ0n) is 18.6. The number of aromatic nitrogens is 2. The van der Waals surface area contributed by atoms with Gasteiger partial charge in [0.1, 0.15) is 11.4 Å². The molecule has 168 valence electrons. The monoisotopic (exact) mass is 442 g/mol. The number of likely N-dealkylation sites (tertiary alicyclic amines) is 1. The topological polar surface area (TPSA) is 84.3 Å². The lowest BCUT2D eigenvalue weighted by molar-refractivity contribution is 0.0783. The minimum atomic E-state index is -0.517. The summed E-state index contributed by atoms with van der Waals surface area (Å²) >= 11 is 0. The summed E-state index contributed by atoms with van der Waals surface area (Å²) in [4.78, 5) is 44.6. The Kier molecular flexibility index (Phi) is 5.32. The Morgan fingerprint density at radius 1 is 1.03 bits per heavy atom. The fourth-order valence-corrected chi connectivity index (χ4v) is 4.87. The Bertz CT molecular complexity index is 1270. The van der Waals surface area contributed by atoms with Gasteiger partial charge < -0.3 is 14.8 Å². The van der Waals surface area contributed by atoms with Crippen LogP contribution in [-0.2, 0) is 18.5 Å². The number of hydrogen-bond donors (Lipinski definition) is 1. The highest BCUT2D eigenvalue weighted by Crippen LogP contribution is 2.41. The van der Waals surface area contributed by atoms with E-state index in [4.69, 9.17) is 0 Å². The van der Waals surface area contributed by atoms with E-state index >= 15 is 0 Å². The third-order valence-corrected chi connectivity index (χ3v) is 6.78. The van der Waals surface area contributed by atoms with E-state index in [1.807, 2.05) is 71.0 Å². The average Bonchev–Trinajstić information content (AvgIpc) is 3.42. The van der Waals surface area contributed by atoms with Gasteiger partial charge in [-0.15, -0.1) is 0 Å². The molecule has 1 fully saturated rings. The Morgan fingerprint density at radius 2 is 1.76 bits per heavy atom. The van der Waals surface area contributed by atoms with Gasteiger partial charge in [0.05, 0.1) is 0 Å². The van der Waals surface area contributed by atoms with E-state index in [9.17, 15) is 14.4 Å². The first-order chi connectivity index (χ1) is 15.9. The highest BCUT2D eigenvalue weighted by atomic mass is 16.2. The molecule has 1 unspecified atom stereocenters. The summed E-state index contributed by atoms with van der Waals surface area (Å²) in [6.07, 6.45) is 3.19. The summed E-state index contributed by atoms with van der Waals surface area (Å²) in [6.45, 7) is 4.19. The molecule has 0 radical (unpaired) electrons. The number of benzene rings is 2. The number of hydrogen-bond acceptors (Lipinski definition) is 4. The van der Waals surface area contributed by atoms with Crippen LogP contribution >= 0.6 is 0 Å². The van der Waals surface area contributed by atoms with Crippen molar-refractivity contribution >= 4 is 11.8 Å². The molecule has 1 spiro atoms. The third kappa shape index (κ3) is 3.95. The molecule has 3 aromatic rings. The molecule has 2 aliphatic heterocycles. The fourth-order valence-electron chi connectivity index (χ4n) is 4.87. The van der Waals surface area contributed by atoms with Gasteiger partial charge in [0.2, 0.25) is 0 Å². The SMILES string of the molecule is Cc1ccc(CNC(=O)c2cn3c(nc2=O)C2(CCN(C(=O)c4ccccc4)C2)CC3)cc1. The van der Waals surface area contributed by atoms with Crippen LogP contribution in [0.15, 0.2) is 65.6 Å². The molecule has 0 aliphatic carbocycles. The first-order valence-corrected chi connectivity index (χ1v) is 11.3. The number of nitrogens with zero attached hydrogens (tertiary/aromatic N) is 3. The minimum Gasteiger partial charge on any atom is -0.348 e. The van der Waals surface area contributed by atoms with Crippen LogP contribution in [0.1, 0.15) is 50.5 Å². The van der Waals surface area contributed by atoms with Crippen molar-refractivity contribution in [3.8, 4) is 0 Å². The van der Waals surface area contributed by atoms with Crippen LogP contribution in [0.4, 0.5) is 0 Å². The van der Waals surface area contributed by atoms with Gasteiger partial charge in [-0.1, -0.05) is 48.0 Å². The van der Waals surface area contributed by atoms with E-state index in [0.29, 0.717) is 37.6 Å². The Labute approximate surface area is 192 Å². The van der Waals surface area contributed by atoms with Gasteiger partial charge in [0.15, 0.2) is 0 Å². The van der Waals surface area contributed by atoms with Crippen LogP contribution in [-0.4, -0.2) is 39.4 Å². The summed E-state index contributed by atoms with van der Waals surface area (Å²) in [7, 11) is 0. The summed E-state index contributed by atoms with van der Waals surface area (Å²) in [6, 6.07) is 17.1. The van der Waals surface area contributed by atoms with Crippen LogP contribution in [0, 0.1) is 6.92 Å². The second-order valence-electron chi connectivity index (χ2n) is 9.02. The maximum Gasteiger partial charge on any atom is 0.285 e. The first-order valence-electron chi connectivity index (χ1n) is 11.3. The molecule has 2 amide bonds. The number of amides is 2. The van der Waals surface area contributed by atoms with Crippen LogP contribution in [0.2, 0.25) is 0 Å². The molecule has 2 aliphatic rings. The quantitative estimate of drug-likeness (QED) is 0.673. The second kappa shape index (κ2) is 8.31. The number of nitrogens with one attached hydrogen (secondary N) is 1. The standard InChI is InChI=1S/C26H26N4O3/c1-18-7-9-19(10-8-18)15-27-22(31)21-16-29-13-11-26(25(29)28-23(21)32)12-14-30(17-26)24(33)20-5-3-2-4-6-20/h2-10,16H,11-15,17H2,1H3,(H,27,31). The molecule has 3 heterocycles.